The third-order valence-corrected chi connectivity index (χ3v) is 3.60. The summed E-state index contributed by atoms with van der Waals surface area (Å²) < 4.78 is 4.19. The summed E-state index contributed by atoms with van der Waals surface area (Å²) in [7, 11) is 1.62. The number of alkyl halides is 2. The molecule has 0 aliphatic heterocycles. The summed E-state index contributed by atoms with van der Waals surface area (Å²) in [5, 5.41) is 2.81. The summed E-state index contributed by atoms with van der Waals surface area (Å²) in [5.41, 5.74) is 1.01. The van der Waals surface area contributed by atoms with E-state index in [9.17, 15) is 4.79 Å². The van der Waals surface area contributed by atoms with Gasteiger partial charge in [0.05, 0.1) is 13.0 Å². The molecule has 1 aliphatic rings. The van der Waals surface area contributed by atoms with Gasteiger partial charge in [-0.3, -0.25) is 4.79 Å². The predicted octanol–water partition coefficient (Wildman–Crippen LogP) is 2.51. The summed E-state index contributed by atoms with van der Waals surface area (Å²) >= 11 is 11.6. The Morgan fingerprint density at radius 1 is 1.47 bits per heavy atom. The second-order valence-corrected chi connectivity index (χ2v) is 5.63. The minimum absolute atomic E-state index is 0.0918. The smallest absolute Gasteiger partial charge is 0.226 e. The minimum Gasteiger partial charge on any atom is -0.497 e. The van der Waals surface area contributed by atoms with Gasteiger partial charge < -0.3 is 10.1 Å². The molecule has 0 radical (unpaired) electrons. The highest BCUT2D eigenvalue weighted by atomic mass is 35.5. The van der Waals surface area contributed by atoms with E-state index in [0.29, 0.717) is 13.0 Å². The molecule has 0 unspecified atom stereocenters. The number of carbonyl (C=O) groups is 1. The predicted molar refractivity (Wildman–Crippen MR) is 67.4 cm³/mol. The standard InChI is InChI=1S/C12H13Cl2NO2/c1-17-9-4-2-8(3-5-9)7-15-11(16)10-6-12(10,13)14/h2-5,10H,6-7H2,1H3,(H,15,16)/t10-/m0/s1. The van der Waals surface area contributed by atoms with Gasteiger partial charge in [0.15, 0.2) is 0 Å². The Hall–Kier alpha value is -0.930. The van der Waals surface area contributed by atoms with E-state index < -0.39 is 4.33 Å². The van der Waals surface area contributed by atoms with E-state index in [0.717, 1.165) is 11.3 Å². The Labute approximate surface area is 110 Å². The Kier molecular flexibility index (Phi) is 3.50. The van der Waals surface area contributed by atoms with Crippen molar-refractivity contribution in [1.29, 1.82) is 0 Å². The first-order valence-electron chi connectivity index (χ1n) is 5.31. The lowest BCUT2D eigenvalue weighted by atomic mass is 10.2. The van der Waals surface area contributed by atoms with E-state index in [1.807, 2.05) is 24.3 Å². The van der Waals surface area contributed by atoms with Crippen molar-refractivity contribution >= 4 is 29.1 Å². The first-order chi connectivity index (χ1) is 8.03. The van der Waals surface area contributed by atoms with Crippen LogP contribution in [-0.2, 0) is 11.3 Å². The van der Waals surface area contributed by atoms with Crippen LogP contribution in [0, 0.1) is 5.92 Å². The van der Waals surface area contributed by atoms with Crippen LogP contribution in [0.15, 0.2) is 24.3 Å². The summed E-state index contributed by atoms with van der Waals surface area (Å²) in [6.07, 6.45) is 0.532. The van der Waals surface area contributed by atoms with Crippen molar-refractivity contribution in [1.82, 2.24) is 5.32 Å². The average molecular weight is 274 g/mol. The number of carbonyl (C=O) groups excluding carboxylic acids is 1. The summed E-state index contributed by atoms with van der Waals surface area (Å²) in [4.78, 5) is 11.6. The van der Waals surface area contributed by atoms with Crippen LogP contribution in [0.5, 0.6) is 5.75 Å². The van der Waals surface area contributed by atoms with Crippen molar-refractivity contribution < 1.29 is 9.53 Å². The van der Waals surface area contributed by atoms with Crippen molar-refractivity contribution in [3.8, 4) is 5.75 Å². The molecule has 92 valence electrons. The van der Waals surface area contributed by atoms with Gasteiger partial charge >= 0.3 is 0 Å². The Bertz CT molecular complexity index is 417. The first-order valence-corrected chi connectivity index (χ1v) is 6.07. The van der Waals surface area contributed by atoms with Crippen molar-refractivity contribution in [3.63, 3.8) is 0 Å². The van der Waals surface area contributed by atoms with E-state index >= 15 is 0 Å². The molecule has 5 heteroatoms. The van der Waals surface area contributed by atoms with Crippen molar-refractivity contribution in [2.75, 3.05) is 7.11 Å². The number of amides is 1. The zero-order valence-electron chi connectivity index (χ0n) is 9.37. The van der Waals surface area contributed by atoms with E-state index in [1.165, 1.54) is 0 Å². The lowest BCUT2D eigenvalue weighted by Crippen LogP contribution is -2.26. The zero-order valence-corrected chi connectivity index (χ0v) is 10.9. The van der Waals surface area contributed by atoms with E-state index in [2.05, 4.69) is 5.32 Å². The van der Waals surface area contributed by atoms with Crippen molar-refractivity contribution in [3.05, 3.63) is 29.8 Å². The van der Waals surface area contributed by atoms with Gasteiger partial charge in [-0.25, -0.2) is 0 Å². The van der Waals surface area contributed by atoms with Crippen molar-refractivity contribution in [2.45, 2.75) is 17.3 Å². The third-order valence-electron chi connectivity index (χ3n) is 2.77. The molecule has 1 aromatic rings. The van der Waals surface area contributed by atoms with Gasteiger partial charge in [0.2, 0.25) is 5.91 Å². The fourth-order valence-electron chi connectivity index (χ4n) is 1.55. The number of benzene rings is 1. The number of nitrogens with one attached hydrogen (secondary N) is 1. The lowest BCUT2D eigenvalue weighted by molar-refractivity contribution is -0.122. The number of ether oxygens (including phenoxy) is 1. The molecule has 3 nitrogen and oxygen atoms in total. The van der Waals surface area contributed by atoms with E-state index in [1.54, 1.807) is 7.11 Å². The maximum absolute atomic E-state index is 11.6. The number of halogens is 2. The van der Waals surface area contributed by atoms with Gasteiger partial charge in [-0.1, -0.05) is 12.1 Å². The molecule has 0 saturated heterocycles. The fraction of sp³-hybridized carbons (Fsp3) is 0.417. The summed E-state index contributed by atoms with van der Waals surface area (Å²) in [6.45, 7) is 0.475. The van der Waals surface area contributed by atoms with Gasteiger partial charge in [-0.2, -0.15) is 0 Å². The molecule has 0 heterocycles. The Balaban J connectivity index is 1.83. The first kappa shape index (κ1) is 12.5. The van der Waals surface area contributed by atoms with Gasteiger partial charge in [0.25, 0.3) is 0 Å². The van der Waals surface area contributed by atoms with Gasteiger partial charge in [0, 0.05) is 6.54 Å². The van der Waals surface area contributed by atoms with Crippen LogP contribution in [0.4, 0.5) is 0 Å². The van der Waals surface area contributed by atoms with Crippen LogP contribution in [0.1, 0.15) is 12.0 Å². The molecule has 1 atom stereocenters. The molecule has 2 rings (SSSR count). The van der Waals surface area contributed by atoms with Crippen LogP contribution in [0.3, 0.4) is 0 Å². The lowest BCUT2D eigenvalue weighted by Gasteiger charge is -2.06. The van der Waals surface area contributed by atoms with E-state index in [-0.39, 0.29) is 11.8 Å². The van der Waals surface area contributed by atoms with Crippen LogP contribution >= 0.6 is 23.2 Å². The van der Waals surface area contributed by atoms with Crippen LogP contribution in [-0.4, -0.2) is 17.4 Å². The highest BCUT2D eigenvalue weighted by Gasteiger charge is 2.56. The number of rotatable bonds is 4. The maximum atomic E-state index is 11.6. The van der Waals surface area contributed by atoms with Gasteiger partial charge in [-0.15, -0.1) is 23.2 Å². The molecular formula is C12H13Cl2NO2. The number of hydrogen-bond donors (Lipinski definition) is 1. The summed E-state index contributed by atoms with van der Waals surface area (Å²) in [6, 6.07) is 7.51. The molecule has 1 amide bonds. The van der Waals surface area contributed by atoms with E-state index in [4.69, 9.17) is 27.9 Å². The van der Waals surface area contributed by atoms with Crippen LogP contribution in [0.25, 0.3) is 0 Å². The second-order valence-electron chi connectivity index (χ2n) is 4.08. The molecule has 0 bridgehead atoms. The topological polar surface area (TPSA) is 38.3 Å². The van der Waals surface area contributed by atoms with Crippen LogP contribution in [0.2, 0.25) is 0 Å². The molecule has 0 spiro atoms. The second kappa shape index (κ2) is 4.75. The fourth-order valence-corrected chi connectivity index (χ4v) is 2.06. The molecule has 0 aromatic heterocycles. The van der Waals surface area contributed by atoms with Gasteiger partial charge in [0.1, 0.15) is 10.1 Å². The van der Waals surface area contributed by atoms with Gasteiger partial charge in [-0.05, 0) is 24.1 Å². The SMILES string of the molecule is COc1ccc(CNC(=O)[C@@H]2CC2(Cl)Cl)cc1. The largest absolute Gasteiger partial charge is 0.497 e. The monoisotopic (exact) mass is 273 g/mol. The quantitative estimate of drug-likeness (QED) is 0.857. The normalized spacial score (nSPS) is 20.8. The number of hydrogen-bond acceptors (Lipinski definition) is 2. The molecule has 1 aliphatic carbocycles. The molecule has 1 N–H and O–H groups in total. The van der Waals surface area contributed by atoms with Crippen molar-refractivity contribution in [2.24, 2.45) is 5.92 Å². The summed E-state index contributed by atoms with van der Waals surface area (Å²) in [5.74, 6) is 0.428. The maximum Gasteiger partial charge on any atom is 0.226 e. The molecule has 17 heavy (non-hydrogen) atoms. The number of methoxy groups -OCH3 is 1. The Morgan fingerprint density at radius 2 is 2.06 bits per heavy atom. The molecule has 1 aromatic carbocycles. The minimum atomic E-state index is -0.857. The molecule has 1 fully saturated rings. The third kappa shape index (κ3) is 3.05. The highest BCUT2D eigenvalue weighted by Crippen LogP contribution is 2.53. The highest BCUT2D eigenvalue weighted by molar-refractivity contribution is 6.52. The molecular weight excluding hydrogens is 261 g/mol. The Morgan fingerprint density at radius 3 is 2.53 bits per heavy atom. The van der Waals surface area contributed by atoms with Crippen LogP contribution < -0.4 is 10.1 Å². The average Bonchev–Trinajstić information content (AvgIpc) is 2.96. The molecule has 1 saturated carbocycles. The zero-order chi connectivity index (χ0) is 12.5.